The Morgan fingerprint density at radius 3 is 2.70 bits per heavy atom. The van der Waals surface area contributed by atoms with Crippen molar-refractivity contribution in [2.24, 2.45) is 4.99 Å². The van der Waals surface area contributed by atoms with Gasteiger partial charge in [-0.05, 0) is 40.7 Å². The first-order valence-electron chi connectivity index (χ1n) is 9.13. The number of nitrogens with zero attached hydrogens (tertiary/aromatic N) is 2. The maximum Gasteiger partial charge on any atom is 0.216 e. The quantitative estimate of drug-likeness (QED) is 0.386. The van der Waals surface area contributed by atoms with E-state index in [1.54, 1.807) is 0 Å². The van der Waals surface area contributed by atoms with Crippen LogP contribution in [-0.2, 0) is 6.54 Å². The van der Waals surface area contributed by atoms with Crippen LogP contribution in [0.25, 0.3) is 0 Å². The number of hydrogen-bond donors (Lipinski definition) is 2. The number of nitrogens with one attached hydrogen (secondary N) is 2. The Kier molecular flexibility index (Phi) is 7.13. The molecule has 2 aromatic rings. The van der Waals surface area contributed by atoms with E-state index in [0.717, 1.165) is 41.7 Å². The lowest BCUT2D eigenvalue weighted by molar-refractivity contribution is 0.0694. The zero-order chi connectivity index (χ0) is 18.7. The van der Waals surface area contributed by atoms with Crippen LogP contribution < -0.4 is 15.4 Å². The summed E-state index contributed by atoms with van der Waals surface area (Å²) in [5.74, 6) is 3.15. The molecule has 2 N–H and O–H groups in total. The minimum absolute atomic E-state index is 0. The molecule has 1 atom stereocenters. The number of aryl methyl sites for hydroxylation is 2. The lowest BCUT2D eigenvalue weighted by Crippen LogP contribution is -2.45. The molecule has 0 fully saturated rings. The number of ether oxygens (including phenoxy) is 1. The second-order valence-electron chi connectivity index (χ2n) is 7.24. The van der Waals surface area contributed by atoms with Gasteiger partial charge in [0.15, 0.2) is 5.96 Å². The van der Waals surface area contributed by atoms with Gasteiger partial charge in [-0.25, -0.2) is 9.98 Å². The van der Waals surface area contributed by atoms with E-state index < -0.39 is 0 Å². The molecule has 1 aromatic heterocycles. The van der Waals surface area contributed by atoms with Gasteiger partial charge in [-0.3, -0.25) is 0 Å². The van der Waals surface area contributed by atoms with E-state index in [4.69, 9.17) is 9.15 Å². The number of benzene rings is 1. The third kappa shape index (κ3) is 5.37. The first-order chi connectivity index (χ1) is 12.4. The maximum atomic E-state index is 6.11. The number of halogens is 1. The Hall–Kier alpha value is -1.77. The number of oxazole rings is 1. The summed E-state index contributed by atoms with van der Waals surface area (Å²) in [4.78, 5) is 9.05. The minimum Gasteiger partial charge on any atom is -0.487 e. The van der Waals surface area contributed by atoms with Crippen molar-refractivity contribution >= 4 is 29.9 Å². The predicted molar refractivity (Wildman–Crippen MR) is 118 cm³/mol. The van der Waals surface area contributed by atoms with Crippen LogP contribution in [0, 0.1) is 13.8 Å². The van der Waals surface area contributed by atoms with Gasteiger partial charge in [-0.1, -0.05) is 18.2 Å². The van der Waals surface area contributed by atoms with Crippen molar-refractivity contribution in [2.75, 3.05) is 6.54 Å². The smallest absolute Gasteiger partial charge is 0.216 e. The van der Waals surface area contributed by atoms with E-state index >= 15 is 0 Å². The summed E-state index contributed by atoms with van der Waals surface area (Å²) in [6.07, 6.45) is 0.853. The second kappa shape index (κ2) is 8.95. The number of rotatable bonds is 4. The molecule has 1 aliphatic heterocycles. The molecular weight excluding hydrogens is 455 g/mol. The van der Waals surface area contributed by atoms with Crippen LogP contribution in [0.15, 0.2) is 33.7 Å². The van der Waals surface area contributed by atoms with Crippen LogP contribution in [0.2, 0.25) is 0 Å². The highest BCUT2D eigenvalue weighted by molar-refractivity contribution is 14.0. The molecule has 0 bridgehead atoms. The number of guanidine groups is 1. The number of aromatic nitrogens is 1. The molecule has 1 unspecified atom stereocenters. The van der Waals surface area contributed by atoms with Gasteiger partial charge in [0.05, 0.1) is 11.7 Å². The summed E-state index contributed by atoms with van der Waals surface area (Å²) >= 11 is 0. The third-order valence-corrected chi connectivity index (χ3v) is 4.48. The van der Waals surface area contributed by atoms with E-state index in [1.165, 1.54) is 0 Å². The third-order valence-electron chi connectivity index (χ3n) is 4.48. The summed E-state index contributed by atoms with van der Waals surface area (Å²) in [7, 11) is 0. The predicted octanol–water partition coefficient (Wildman–Crippen LogP) is 4.27. The first-order valence-corrected chi connectivity index (χ1v) is 9.13. The fourth-order valence-electron chi connectivity index (χ4n) is 3.17. The van der Waals surface area contributed by atoms with Crippen molar-refractivity contribution in [3.63, 3.8) is 0 Å². The molecule has 0 spiro atoms. The van der Waals surface area contributed by atoms with Crippen molar-refractivity contribution in [3.8, 4) is 5.75 Å². The molecule has 0 saturated carbocycles. The molecule has 0 amide bonds. The van der Waals surface area contributed by atoms with Crippen LogP contribution in [0.4, 0.5) is 0 Å². The lowest BCUT2D eigenvalue weighted by Gasteiger charge is -2.38. The fraction of sp³-hybridized carbons (Fsp3) is 0.500. The molecule has 27 heavy (non-hydrogen) atoms. The molecule has 0 saturated heterocycles. The maximum absolute atomic E-state index is 6.11. The highest BCUT2D eigenvalue weighted by Gasteiger charge is 2.33. The number of aliphatic imine (C=N–C) groups is 1. The topological polar surface area (TPSA) is 71.7 Å². The lowest BCUT2D eigenvalue weighted by atomic mass is 9.90. The fourth-order valence-corrected chi connectivity index (χ4v) is 3.17. The summed E-state index contributed by atoms with van der Waals surface area (Å²) in [5.41, 5.74) is 1.83. The molecule has 148 valence electrons. The van der Waals surface area contributed by atoms with Gasteiger partial charge in [0, 0.05) is 18.5 Å². The van der Waals surface area contributed by atoms with E-state index in [1.807, 2.05) is 32.0 Å². The number of para-hydroxylation sites is 1. The highest BCUT2D eigenvalue weighted by atomic mass is 127. The zero-order valence-electron chi connectivity index (χ0n) is 16.6. The SMILES string of the molecule is CCNC(=NCc1nc(C)c(C)o1)NC1CC(C)(C)Oc2ccccc21.I. The normalized spacial score (nSPS) is 18.1. The van der Waals surface area contributed by atoms with Gasteiger partial charge in [0.25, 0.3) is 0 Å². The van der Waals surface area contributed by atoms with Crippen LogP contribution in [0.3, 0.4) is 0 Å². The van der Waals surface area contributed by atoms with Gasteiger partial charge >= 0.3 is 0 Å². The van der Waals surface area contributed by atoms with E-state index in [0.29, 0.717) is 12.4 Å². The van der Waals surface area contributed by atoms with Gasteiger partial charge in [-0.15, -0.1) is 24.0 Å². The minimum atomic E-state index is -0.236. The molecule has 7 heteroatoms. The average Bonchev–Trinajstić information content (AvgIpc) is 2.90. The van der Waals surface area contributed by atoms with Gasteiger partial charge in [0.1, 0.15) is 23.7 Å². The standard InChI is InChI=1S/C20H28N4O2.HI/c1-6-21-19(22-12-18-23-13(2)14(3)25-18)24-16-11-20(4,5)26-17-10-8-7-9-15(16)17;/h7-10,16H,6,11-12H2,1-5H3,(H2,21,22,24);1H. The molecule has 3 rings (SSSR count). The Bertz CT molecular complexity index is 782. The van der Waals surface area contributed by atoms with Crippen LogP contribution in [-0.4, -0.2) is 23.1 Å². The van der Waals surface area contributed by atoms with E-state index in [9.17, 15) is 0 Å². The van der Waals surface area contributed by atoms with Gasteiger partial charge < -0.3 is 19.8 Å². The van der Waals surface area contributed by atoms with Crippen LogP contribution in [0.1, 0.15) is 56.1 Å². The van der Waals surface area contributed by atoms with Crippen molar-refractivity contribution in [1.29, 1.82) is 0 Å². The molecule has 1 aliphatic rings. The molecule has 2 heterocycles. The van der Waals surface area contributed by atoms with E-state index in [-0.39, 0.29) is 35.6 Å². The second-order valence-corrected chi connectivity index (χ2v) is 7.24. The zero-order valence-corrected chi connectivity index (χ0v) is 19.0. The summed E-state index contributed by atoms with van der Waals surface area (Å²) in [6.45, 7) is 11.3. The molecular formula is C20H29IN4O2. The number of fused-ring (bicyclic) bond motifs is 1. The van der Waals surface area contributed by atoms with E-state index in [2.05, 4.69) is 47.4 Å². The molecule has 1 aromatic carbocycles. The van der Waals surface area contributed by atoms with Gasteiger partial charge in [-0.2, -0.15) is 0 Å². The number of hydrogen-bond acceptors (Lipinski definition) is 4. The first kappa shape index (κ1) is 21.5. The van der Waals surface area contributed by atoms with Crippen LogP contribution in [0.5, 0.6) is 5.75 Å². The Morgan fingerprint density at radius 2 is 2.04 bits per heavy atom. The largest absolute Gasteiger partial charge is 0.487 e. The summed E-state index contributed by atoms with van der Waals surface area (Å²) in [5, 5.41) is 6.86. The Balaban J connectivity index is 0.00000261. The van der Waals surface area contributed by atoms with Crippen molar-refractivity contribution < 1.29 is 9.15 Å². The Labute approximate surface area is 178 Å². The molecule has 0 aliphatic carbocycles. The van der Waals surface area contributed by atoms with Crippen molar-refractivity contribution in [1.82, 2.24) is 15.6 Å². The molecule has 6 nitrogen and oxygen atoms in total. The van der Waals surface area contributed by atoms with Crippen molar-refractivity contribution in [3.05, 3.63) is 47.2 Å². The Morgan fingerprint density at radius 1 is 1.30 bits per heavy atom. The van der Waals surface area contributed by atoms with Crippen molar-refractivity contribution in [2.45, 2.75) is 59.2 Å². The summed E-state index contributed by atoms with van der Waals surface area (Å²) < 4.78 is 11.7. The monoisotopic (exact) mass is 484 g/mol. The van der Waals surface area contributed by atoms with Gasteiger partial charge in [0.2, 0.25) is 5.89 Å². The average molecular weight is 484 g/mol. The summed E-state index contributed by atoms with van der Waals surface area (Å²) in [6, 6.07) is 8.29. The highest BCUT2D eigenvalue weighted by Crippen LogP contribution is 2.39. The molecule has 0 radical (unpaired) electrons. The van der Waals surface area contributed by atoms with Crippen LogP contribution >= 0.6 is 24.0 Å².